The number of aromatic nitrogens is 3. The van der Waals surface area contributed by atoms with Gasteiger partial charge in [0, 0.05) is 25.7 Å². The molecule has 11 heteroatoms. The van der Waals surface area contributed by atoms with Gasteiger partial charge in [0.05, 0.1) is 31.1 Å². The number of carbonyl (C=O) groups excluding carboxylic acids is 1. The van der Waals surface area contributed by atoms with Crippen LogP contribution in [0.15, 0.2) is 48.8 Å². The second-order valence-corrected chi connectivity index (χ2v) is 9.28. The molecule has 3 aromatic rings. The van der Waals surface area contributed by atoms with Crippen LogP contribution in [0.25, 0.3) is 0 Å². The minimum absolute atomic E-state index is 0.165. The van der Waals surface area contributed by atoms with E-state index in [2.05, 4.69) is 20.3 Å². The number of nitrogens with one attached hydrogen (secondary N) is 1. The molecule has 0 spiro atoms. The molecule has 0 saturated carbocycles. The molecule has 1 aromatic carbocycles. The number of nitrogens with zero attached hydrogens (tertiary/aromatic N) is 4. The summed E-state index contributed by atoms with van der Waals surface area (Å²) < 4.78 is 10.5. The van der Waals surface area contributed by atoms with E-state index in [0.717, 1.165) is 11.1 Å². The number of benzene rings is 1. The van der Waals surface area contributed by atoms with Gasteiger partial charge in [0.2, 0.25) is 5.88 Å². The zero-order valence-electron chi connectivity index (χ0n) is 19.8. The van der Waals surface area contributed by atoms with E-state index in [1.165, 1.54) is 7.11 Å². The summed E-state index contributed by atoms with van der Waals surface area (Å²) in [6.45, 7) is 1.08. The Morgan fingerprint density at radius 1 is 1.17 bits per heavy atom. The molecule has 0 radical (unpaired) electrons. The number of ether oxygens (including phenoxy) is 2. The van der Waals surface area contributed by atoms with Crippen molar-refractivity contribution in [1.82, 2.24) is 20.3 Å². The highest BCUT2D eigenvalue weighted by Crippen LogP contribution is 2.30. The predicted octanol–water partition coefficient (Wildman–Crippen LogP) is 4.04. The van der Waals surface area contributed by atoms with Crippen molar-refractivity contribution in [3.05, 3.63) is 75.8 Å². The Morgan fingerprint density at radius 3 is 2.58 bits per heavy atom. The van der Waals surface area contributed by atoms with Crippen molar-refractivity contribution in [1.29, 1.82) is 0 Å². The minimum atomic E-state index is -0.765. The maximum Gasteiger partial charge on any atom is 0.407 e. The molecule has 36 heavy (non-hydrogen) atoms. The summed E-state index contributed by atoms with van der Waals surface area (Å²) in [5, 5.41) is 13.6. The number of halogens is 2. The van der Waals surface area contributed by atoms with Gasteiger partial charge in [0.1, 0.15) is 17.4 Å². The van der Waals surface area contributed by atoms with E-state index in [4.69, 9.17) is 32.7 Å². The van der Waals surface area contributed by atoms with Crippen LogP contribution in [0.3, 0.4) is 0 Å². The lowest BCUT2D eigenvalue weighted by Gasteiger charge is -2.41. The molecule has 1 saturated heterocycles. The molecule has 190 valence electrons. The van der Waals surface area contributed by atoms with Crippen LogP contribution in [0, 0.1) is 0 Å². The summed E-state index contributed by atoms with van der Waals surface area (Å²) in [6, 6.07) is 11.2. The van der Waals surface area contributed by atoms with Gasteiger partial charge in [-0.15, -0.1) is 0 Å². The fourth-order valence-corrected chi connectivity index (χ4v) is 4.50. The van der Waals surface area contributed by atoms with E-state index >= 15 is 0 Å². The van der Waals surface area contributed by atoms with E-state index in [1.807, 2.05) is 35.2 Å². The van der Waals surface area contributed by atoms with Crippen molar-refractivity contribution >= 4 is 35.1 Å². The summed E-state index contributed by atoms with van der Waals surface area (Å²) in [5.74, 6) is 0.966. The highest BCUT2D eigenvalue weighted by molar-refractivity contribution is 6.32. The van der Waals surface area contributed by atoms with E-state index in [1.54, 1.807) is 18.5 Å². The van der Waals surface area contributed by atoms with Gasteiger partial charge in [0.15, 0.2) is 5.15 Å². The summed E-state index contributed by atoms with van der Waals surface area (Å²) in [7, 11) is 1.51. The highest BCUT2D eigenvalue weighted by atomic mass is 35.5. The van der Waals surface area contributed by atoms with Crippen molar-refractivity contribution in [3.63, 3.8) is 0 Å². The average Bonchev–Trinajstić information content (AvgIpc) is 2.91. The number of piperidine rings is 1. The molecule has 4 rings (SSSR count). The van der Waals surface area contributed by atoms with Gasteiger partial charge < -0.3 is 24.8 Å². The summed E-state index contributed by atoms with van der Waals surface area (Å²) in [5.41, 5.74) is 1.49. The third kappa shape index (κ3) is 6.16. The monoisotopic (exact) mass is 531 g/mol. The van der Waals surface area contributed by atoms with Crippen molar-refractivity contribution in [2.45, 2.75) is 31.4 Å². The van der Waals surface area contributed by atoms with Crippen molar-refractivity contribution in [2.24, 2.45) is 0 Å². The molecular weight excluding hydrogens is 505 g/mol. The Balaban J connectivity index is 1.35. The molecule has 0 atom stereocenters. The summed E-state index contributed by atoms with van der Waals surface area (Å²) in [4.78, 5) is 27.5. The van der Waals surface area contributed by atoms with Crippen molar-refractivity contribution < 1.29 is 19.4 Å². The highest BCUT2D eigenvalue weighted by Gasteiger charge is 2.36. The van der Waals surface area contributed by atoms with Crippen LogP contribution in [0.5, 0.6) is 5.88 Å². The molecule has 1 aliphatic heterocycles. The molecule has 0 unspecified atom stereocenters. The number of methoxy groups -OCH3 is 1. The number of hydrogen-bond acceptors (Lipinski definition) is 8. The lowest BCUT2D eigenvalue weighted by molar-refractivity contribution is 0.0952. The van der Waals surface area contributed by atoms with Crippen molar-refractivity contribution in [3.8, 4) is 5.88 Å². The van der Waals surface area contributed by atoms with Crippen LogP contribution >= 0.6 is 23.2 Å². The predicted molar refractivity (Wildman–Crippen MR) is 137 cm³/mol. The number of alkyl carbamates (subject to hydrolysis) is 1. The smallest absolute Gasteiger partial charge is 0.407 e. The Hall–Kier alpha value is -3.14. The lowest BCUT2D eigenvalue weighted by Crippen LogP contribution is -2.57. The second-order valence-electron chi connectivity index (χ2n) is 8.55. The molecule has 0 bridgehead atoms. The zero-order valence-corrected chi connectivity index (χ0v) is 21.3. The lowest BCUT2D eigenvalue weighted by atomic mass is 9.88. The molecule has 3 heterocycles. The normalized spacial score (nSPS) is 14.8. The number of amides is 1. The molecule has 1 amide bonds. The maximum absolute atomic E-state index is 12.4. The van der Waals surface area contributed by atoms with Gasteiger partial charge in [0.25, 0.3) is 0 Å². The first kappa shape index (κ1) is 25.9. The average molecular weight is 532 g/mol. The molecule has 2 N–H and O–H groups in total. The Morgan fingerprint density at radius 2 is 1.92 bits per heavy atom. The number of anilines is 1. The van der Waals surface area contributed by atoms with Crippen LogP contribution < -0.4 is 15.0 Å². The van der Waals surface area contributed by atoms with E-state index in [-0.39, 0.29) is 18.4 Å². The zero-order chi connectivity index (χ0) is 25.5. The number of aliphatic hydroxyl groups is 1. The molecule has 1 aliphatic rings. The van der Waals surface area contributed by atoms with Gasteiger partial charge in [-0.2, -0.15) is 0 Å². The number of carbonyl (C=O) groups is 1. The van der Waals surface area contributed by atoms with Crippen LogP contribution in [0.1, 0.15) is 29.7 Å². The van der Waals surface area contributed by atoms with E-state index < -0.39 is 11.6 Å². The molecule has 0 aliphatic carbocycles. The first-order valence-corrected chi connectivity index (χ1v) is 12.2. The van der Waals surface area contributed by atoms with Gasteiger partial charge in [-0.1, -0.05) is 53.5 Å². The van der Waals surface area contributed by atoms with Gasteiger partial charge >= 0.3 is 6.09 Å². The third-order valence-electron chi connectivity index (χ3n) is 6.20. The van der Waals surface area contributed by atoms with Crippen LogP contribution in [0.2, 0.25) is 10.2 Å². The third-order valence-corrected chi connectivity index (χ3v) is 6.91. The summed E-state index contributed by atoms with van der Waals surface area (Å²) >= 11 is 12.8. The second kappa shape index (κ2) is 11.7. The Bertz CT molecular complexity index is 1190. The quantitative estimate of drug-likeness (QED) is 0.448. The van der Waals surface area contributed by atoms with Crippen LogP contribution in [0.4, 0.5) is 10.6 Å². The van der Waals surface area contributed by atoms with Gasteiger partial charge in [-0.25, -0.2) is 14.8 Å². The number of hydrogen-bond donors (Lipinski definition) is 2. The molecule has 1 fully saturated rings. The Labute approximate surface area is 219 Å². The topological polar surface area (TPSA) is 110 Å². The first-order valence-electron chi connectivity index (χ1n) is 11.5. The molecule has 9 nitrogen and oxygen atoms in total. The van der Waals surface area contributed by atoms with E-state index in [9.17, 15) is 9.90 Å². The SMILES string of the molecule is COc1nccc(Cc2ncc(N3CCC(CO)(NC(=O)OCc4ccccc4)CC3)nc2Cl)c1Cl. The molecular formula is C25H27Cl2N5O4. The van der Waals surface area contributed by atoms with Crippen LogP contribution in [-0.4, -0.2) is 58.5 Å². The molecule has 2 aromatic heterocycles. The van der Waals surface area contributed by atoms with Crippen molar-refractivity contribution in [2.75, 3.05) is 31.7 Å². The van der Waals surface area contributed by atoms with Crippen LogP contribution in [-0.2, 0) is 17.8 Å². The fraction of sp³-hybridized carbons (Fsp3) is 0.360. The number of aliphatic hydroxyl groups excluding tert-OH is 1. The number of rotatable bonds is 8. The standard InChI is InChI=1S/C25H27Cl2N5O4/c1-35-23-21(26)18(7-10-28-23)13-19-22(27)30-20(14-29-19)32-11-8-25(16-33,9-12-32)31-24(34)36-15-17-5-3-2-4-6-17/h2-7,10,14,33H,8-9,11-13,15-16H2,1H3,(H,31,34). The first-order chi connectivity index (χ1) is 17.4. The Kier molecular flexibility index (Phi) is 8.45. The summed E-state index contributed by atoms with van der Waals surface area (Å²) in [6.07, 6.45) is 4.13. The van der Waals surface area contributed by atoms with Gasteiger partial charge in [-0.05, 0) is 30.0 Å². The maximum atomic E-state index is 12.4. The van der Waals surface area contributed by atoms with E-state index in [0.29, 0.717) is 54.8 Å². The minimum Gasteiger partial charge on any atom is -0.480 e. The van der Waals surface area contributed by atoms with Gasteiger partial charge in [-0.3, -0.25) is 4.98 Å². The fourth-order valence-electron chi connectivity index (χ4n) is 4.04. The largest absolute Gasteiger partial charge is 0.480 e. The number of pyridine rings is 1.